The highest BCUT2D eigenvalue weighted by Crippen LogP contribution is 2.28. The third kappa shape index (κ3) is 3.63. The Bertz CT molecular complexity index is 1030. The van der Waals surface area contributed by atoms with Crippen molar-refractivity contribution in [3.63, 3.8) is 0 Å². The van der Waals surface area contributed by atoms with E-state index < -0.39 is 0 Å². The lowest BCUT2D eigenvalue weighted by molar-refractivity contribution is 0.0573. The van der Waals surface area contributed by atoms with Gasteiger partial charge in [-0.1, -0.05) is 18.2 Å². The number of para-hydroxylation sites is 1. The molecule has 0 radical (unpaired) electrons. The molecule has 1 amide bonds. The molecule has 2 saturated heterocycles. The second-order valence-corrected chi connectivity index (χ2v) is 7.74. The molecule has 4 heterocycles. The summed E-state index contributed by atoms with van der Waals surface area (Å²) in [4.78, 5) is 22.9. The van der Waals surface area contributed by atoms with E-state index in [2.05, 4.69) is 16.9 Å². The van der Waals surface area contributed by atoms with E-state index in [9.17, 15) is 4.79 Å². The average molecular weight is 412 g/mol. The fourth-order valence-corrected chi connectivity index (χ4v) is 4.51. The van der Waals surface area contributed by atoms with E-state index in [1.807, 2.05) is 52.3 Å². The largest absolute Gasteiger partial charge is 0.336 e. The first kappa shape index (κ1) is 19.9. The number of carbonyl (C=O) groups is 1. The van der Waals surface area contributed by atoms with Crippen LogP contribution in [0.4, 0.5) is 0 Å². The Morgan fingerprint density at radius 3 is 2.90 bits per heavy atom. The molecular formula is C22H26ClN5O. The summed E-state index contributed by atoms with van der Waals surface area (Å²) < 4.78 is 1.88. The number of halogens is 1. The predicted octanol–water partition coefficient (Wildman–Crippen LogP) is 3.46. The molecular weight excluding hydrogens is 386 g/mol. The van der Waals surface area contributed by atoms with Gasteiger partial charge in [0.15, 0.2) is 0 Å². The summed E-state index contributed by atoms with van der Waals surface area (Å²) in [5, 5.41) is 5.29. The topological polar surface area (TPSA) is 54.3 Å². The fourth-order valence-electron chi connectivity index (χ4n) is 4.51. The smallest absolute Gasteiger partial charge is 0.254 e. The third-order valence-corrected chi connectivity index (χ3v) is 6.07. The molecule has 29 heavy (non-hydrogen) atoms. The maximum atomic E-state index is 13.5. The monoisotopic (exact) mass is 411 g/mol. The third-order valence-electron chi connectivity index (χ3n) is 6.07. The Balaban J connectivity index is 0.00000205. The van der Waals surface area contributed by atoms with Gasteiger partial charge in [0.05, 0.1) is 23.0 Å². The van der Waals surface area contributed by atoms with Crippen LogP contribution in [0.2, 0.25) is 0 Å². The number of rotatable bonds is 3. The summed E-state index contributed by atoms with van der Waals surface area (Å²) in [6, 6.07) is 10.4. The predicted molar refractivity (Wildman–Crippen MR) is 116 cm³/mol. The molecule has 2 fully saturated rings. The highest BCUT2D eigenvalue weighted by molar-refractivity contribution is 6.07. The van der Waals surface area contributed by atoms with Crippen LogP contribution in [0.1, 0.15) is 30.1 Å². The Hall–Kier alpha value is -2.44. The number of fused-ring (bicyclic) bond motifs is 2. The number of benzene rings is 1. The molecule has 2 aliphatic rings. The average Bonchev–Trinajstić information content (AvgIpc) is 3.41. The van der Waals surface area contributed by atoms with Gasteiger partial charge in [0.25, 0.3) is 5.91 Å². The first-order valence-corrected chi connectivity index (χ1v) is 10.2. The van der Waals surface area contributed by atoms with E-state index >= 15 is 0 Å². The molecule has 0 spiro atoms. The molecule has 2 aromatic heterocycles. The number of aryl methyl sites for hydroxylation is 1. The maximum absolute atomic E-state index is 13.5. The minimum Gasteiger partial charge on any atom is -0.336 e. The van der Waals surface area contributed by atoms with E-state index in [0.717, 1.165) is 53.9 Å². The quantitative estimate of drug-likeness (QED) is 0.662. The molecule has 2 aliphatic heterocycles. The first-order valence-electron chi connectivity index (χ1n) is 10.2. The number of amides is 1. The normalized spacial score (nSPS) is 19.2. The molecule has 0 bridgehead atoms. The van der Waals surface area contributed by atoms with Crippen molar-refractivity contribution in [1.29, 1.82) is 0 Å². The Morgan fingerprint density at radius 2 is 2.07 bits per heavy atom. The van der Waals surface area contributed by atoms with Crippen LogP contribution in [-0.2, 0) is 6.54 Å². The number of hydrogen-bond acceptors (Lipinski definition) is 4. The second kappa shape index (κ2) is 8.13. The van der Waals surface area contributed by atoms with Gasteiger partial charge >= 0.3 is 0 Å². The zero-order valence-electron chi connectivity index (χ0n) is 16.6. The highest BCUT2D eigenvalue weighted by atomic mass is 35.5. The van der Waals surface area contributed by atoms with Crippen LogP contribution < -0.4 is 0 Å². The fraction of sp³-hybridized carbons (Fsp3) is 0.409. The van der Waals surface area contributed by atoms with Gasteiger partial charge in [-0.3, -0.25) is 14.4 Å². The van der Waals surface area contributed by atoms with Gasteiger partial charge in [0.2, 0.25) is 0 Å². The van der Waals surface area contributed by atoms with Crippen molar-refractivity contribution in [1.82, 2.24) is 24.6 Å². The van der Waals surface area contributed by atoms with E-state index in [-0.39, 0.29) is 18.3 Å². The van der Waals surface area contributed by atoms with Crippen molar-refractivity contribution < 1.29 is 4.79 Å². The summed E-state index contributed by atoms with van der Waals surface area (Å²) >= 11 is 0. The van der Waals surface area contributed by atoms with Crippen molar-refractivity contribution in [3.8, 4) is 11.3 Å². The summed E-state index contributed by atoms with van der Waals surface area (Å²) in [7, 11) is 0. The number of pyridine rings is 1. The standard InChI is InChI=1S/C22H25N5O.ClH/c1-2-27-14-16(13-23-27)21-12-19(18-7-3-4-8-20(18)24-21)22(28)26-11-10-25-9-5-6-17(25)15-26;/h3-4,7-8,12-14,17H,2,5-6,9-11,15H2,1H3;1H. The summed E-state index contributed by atoms with van der Waals surface area (Å²) in [5.74, 6) is 0.120. The van der Waals surface area contributed by atoms with Crippen LogP contribution in [-0.4, -0.2) is 62.7 Å². The molecule has 6 nitrogen and oxygen atoms in total. The molecule has 0 aliphatic carbocycles. The minimum absolute atomic E-state index is 0. The first-order chi connectivity index (χ1) is 13.7. The molecule has 7 heteroatoms. The zero-order valence-corrected chi connectivity index (χ0v) is 17.4. The van der Waals surface area contributed by atoms with Gasteiger partial charge in [0.1, 0.15) is 0 Å². The lowest BCUT2D eigenvalue weighted by atomic mass is 10.0. The van der Waals surface area contributed by atoms with Crippen LogP contribution in [0, 0.1) is 0 Å². The molecule has 3 aromatic rings. The summed E-state index contributed by atoms with van der Waals surface area (Å²) in [5.41, 5.74) is 3.35. The Labute approximate surface area is 176 Å². The number of hydrogen-bond donors (Lipinski definition) is 0. The minimum atomic E-state index is 0. The van der Waals surface area contributed by atoms with Crippen LogP contribution in [0.25, 0.3) is 22.2 Å². The molecule has 1 unspecified atom stereocenters. The molecule has 0 N–H and O–H groups in total. The second-order valence-electron chi connectivity index (χ2n) is 7.74. The van der Waals surface area contributed by atoms with E-state index in [4.69, 9.17) is 4.98 Å². The number of aromatic nitrogens is 3. The lowest BCUT2D eigenvalue weighted by Crippen LogP contribution is -2.52. The van der Waals surface area contributed by atoms with Gasteiger partial charge in [0, 0.05) is 49.4 Å². The van der Waals surface area contributed by atoms with Crippen molar-refractivity contribution in [2.24, 2.45) is 0 Å². The van der Waals surface area contributed by atoms with Crippen molar-refractivity contribution >= 4 is 29.2 Å². The van der Waals surface area contributed by atoms with Gasteiger partial charge in [-0.2, -0.15) is 5.10 Å². The highest BCUT2D eigenvalue weighted by Gasteiger charge is 2.33. The van der Waals surface area contributed by atoms with Crippen LogP contribution in [0.15, 0.2) is 42.7 Å². The van der Waals surface area contributed by atoms with Crippen LogP contribution >= 0.6 is 12.4 Å². The van der Waals surface area contributed by atoms with Gasteiger partial charge in [-0.15, -0.1) is 12.4 Å². The molecule has 5 rings (SSSR count). The number of nitrogens with zero attached hydrogens (tertiary/aromatic N) is 5. The van der Waals surface area contributed by atoms with Crippen molar-refractivity contribution in [2.45, 2.75) is 32.4 Å². The SMILES string of the molecule is CCn1cc(-c2cc(C(=O)N3CCN4CCCC4C3)c3ccccc3n2)cn1.Cl. The van der Waals surface area contributed by atoms with Crippen molar-refractivity contribution in [2.75, 3.05) is 26.2 Å². The van der Waals surface area contributed by atoms with Gasteiger partial charge in [-0.05, 0) is 38.4 Å². The molecule has 152 valence electrons. The van der Waals surface area contributed by atoms with E-state index in [0.29, 0.717) is 6.04 Å². The van der Waals surface area contributed by atoms with E-state index in [1.165, 1.54) is 19.4 Å². The molecule has 0 saturated carbocycles. The van der Waals surface area contributed by atoms with Crippen LogP contribution in [0.5, 0.6) is 0 Å². The Kier molecular flexibility index (Phi) is 5.56. The van der Waals surface area contributed by atoms with Gasteiger partial charge < -0.3 is 4.90 Å². The molecule has 1 atom stereocenters. The van der Waals surface area contributed by atoms with Crippen LogP contribution in [0.3, 0.4) is 0 Å². The number of piperazine rings is 1. The van der Waals surface area contributed by atoms with E-state index in [1.54, 1.807) is 0 Å². The Morgan fingerprint density at radius 1 is 1.21 bits per heavy atom. The van der Waals surface area contributed by atoms with Gasteiger partial charge in [-0.25, -0.2) is 4.98 Å². The molecule has 1 aromatic carbocycles. The number of carbonyl (C=O) groups excluding carboxylic acids is 1. The summed E-state index contributed by atoms with van der Waals surface area (Å²) in [6.07, 6.45) is 6.26. The zero-order chi connectivity index (χ0) is 19.1. The van der Waals surface area contributed by atoms with Crippen molar-refractivity contribution in [3.05, 3.63) is 48.3 Å². The summed E-state index contributed by atoms with van der Waals surface area (Å²) in [6.45, 7) is 6.66. The maximum Gasteiger partial charge on any atom is 0.254 e. The lowest BCUT2D eigenvalue weighted by Gasteiger charge is -2.37.